The van der Waals surface area contributed by atoms with E-state index < -0.39 is 0 Å². The first-order chi connectivity index (χ1) is 9.60. The standard InChI is InChI=1S/C15H20BrN3S/c1-4-7-17-10-12-5-6-13(9-14(12)16)20-15-8-11(2)18-19(15)3/h5-6,8-9,17H,4,7,10H2,1-3H3. The van der Waals surface area contributed by atoms with Crippen LogP contribution in [0.4, 0.5) is 0 Å². The molecule has 0 aliphatic rings. The molecule has 1 aromatic heterocycles. The zero-order valence-electron chi connectivity index (χ0n) is 12.1. The van der Waals surface area contributed by atoms with Crippen LogP contribution in [0.5, 0.6) is 0 Å². The summed E-state index contributed by atoms with van der Waals surface area (Å²) in [6.07, 6.45) is 1.16. The lowest BCUT2D eigenvalue weighted by atomic mass is 10.2. The smallest absolute Gasteiger partial charge is 0.0986 e. The lowest BCUT2D eigenvalue weighted by Crippen LogP contribution is -2.14. The third-order valence-electron chi connectivity index (χ3n) is 2.95. The minimum absolute atomic E-state index is 0.907. The molecule has 2 aromatic rings. The van der Waals surface area contributed by atoms with Crippen molar-refractivity contribution in [1.29, 1.82) is 0 Å². The van der Waals surface area contributed by atoms with Gasteiger partial charge in [0.1, 0.15) is 0 Å². The Morgan fingerprint density at radius 3 is 2.75 bits per heavy atom. The van der Waals surface area contributed by atoms with Crippen molar-refractivity contribution in [3.8, 4) is 0 Å². The van der Waals surface area contributed by atoms with Gasteiger partial charge in [-0.3, -0.25) is 4.68 Å². The molecule has 3 nitrogen and oxygen atoms in total. The number of hydrogen-bond donors (Lipinski definition) is 1. The van der Waals surface area contributed by atoms with Crippen LogP contribution in [-0.4, -0.2) is 16.3 Å². The Labute approximate surface area is 133 Å². The van der Waals surface area contributed by atoms with E-state index in [2.05, 4.69) is 57.5 Å². The first kappa shape index (κ1) is 15.6. The predicted molar refractivity (Wildman–Crippen MR) is 88.2 cm³/mol. The van der Waals surface area contributed by atoms with Crippen LogP contribution in [0.15, 0.2) is 38.7 Å². The quantitative estimate of drug-likeness (QED) is 0.791. The van der Waals surface area contributed by atoms with Gasteiger partial charge in [-0.1, -0.05) is 40.7 Å². The molecule has 0 bridgehead atoms. The van der Waals surface area contributed by atoms with Crippen LogP contribution >= 0.6 is 27.7 Å². The average Bonchev–Trinajstić information content (AvgIpc) is 2.71. The normalized spacial score (nSPS) is 11.0. The summed E-state index contributed by atoms with van der Waals surface area (Å²) >= 11 is 5.40. The number of aromatic nitrogens is 2. The molecule has 0 aliphatic carbocycles. The number of benzene rings is 1. The van der Waals surface area contributed by atoms with Crippen LogP contribution in [0.1, 0.15) is 24.6 Å². The van der Waals surface area contributed by atoms with Crippen molar-refractivity contribution < 1.29 is 0 Å². The molecule has 0 fully saturated rings. The van der Waals surface area contributed by atoms with E-state index in [0.29, 0.717) is 0 Å². The van der Waals surface area contributed by atoms with Crippen molar-refractivity contribution >= 4 is 27.7 Å². The number of rotatable bonds is 6. The van der Waals surface area contributed by atoms with Crippen LogP contribution in [-0.2, 0) is 13.6 Å². The van der Waals surface area contributed by atoms with E-state index in [4.69, 9.17) is 0 Å². The predicted octanol–water partition coefficient (Wildman–Crippen LogP) is 4.14. The summed E-state index contributed by atoms with van der Waals surface area (Å²) in [5.74, 6) is 0. The van der Waals surface area contributed by atoms with Gasteiger partial charge in [-0.25, -0.2) is 0 Å². The Balaban J connectivity index is 2.07. The number of hydrogen-bond acceptors (Lipinski definition) is 3. The Morgan fingerprint density at radius 1 is 1.35 bits per heavy atom. The van der Waals surface area contributed by atoms with Gasteiger partial charge in [-0.05, 0) is 43.7 Å². The molecule has 0 spiro atoms. The lowest BCUT2D eigenvalue weighted by molar-refractivity contribution is 0.673. The van der Waals surface area contributed by atoms with Gasteiger partial charge in [0.2, 0.25) is 0 Å². The fraction of sp³-hybridized carbons (Fsp3) is 0.400. The Hall–Kier alpha value is -0.780. The summed E-state index contributed by atoms with van der Waals surface area (Å²) in [7, 11) is 1.98. The first-order valence-electron chi connectivity index (χ1n) is 6.77. The lowest BCUT2D eigenvalue weighted by Gasteiger charge is -2.08. The number of nitrogens with zero attached hydrogens (tertiary/aromatic N) is 2. The fourth-order valence-corrected chi connectivity index (χ4v) is 3.57. The number of nitrogens with one attached hydrogen (secondary N) is 1. The van der Waals surface area contributed by atoms with Gasteiger partial charge in [-0.15, -0.1) is 0 Å². The van der Waals surface area contributed by atoms with E-state index in [-0.39, 0.29) is 0 Å². The number of halogens is 1. The highest BCUT2D eigenvalue weighted by Gasteiger charge is 2.06. The molecular formula is C15H20BrN3S. The molecular weight excluding hydrogens is 334 g/mol. The Morgan fingerprint density at radius 2 is 2.15 bits per heavy atom. The molecule has 108 valence electrons. The molecule has 0 atom stereocenters. The molecule has 0 amide bonds. The van der Waals surface area contributed by atoms with Crippen LogP contribution in [0.25, 0.3) is 0 Å². The molecule has 1 N–H and O–H groups in total. The Bertz CT molecular complexity index is 580. The summed E-state index contributed by atoms with van der Waals surface area (Å²) in [4.78, 5) is 1.22. The zero-order valence-corrected chi connectivity index (χ0v) is 14.5. The maximum absolute atomic E-state index is 4.37. The Kier molecular flexibility index (Phi) is 5.69. The highest BCUT2D eigenvalue weighted by Crippen LogP contribution is 2.31. The topological polar surface area (TPSA) is 29.9 Å². The van der Waals surface area contributed by atoms with Gasteiger partial charge in [0, 0.05) is 23.0 Å². The molecule has 1 heterocycles. The molecule has 1 aromatic carbocycles. The second-order valence-corrected chi connectivity index (χ2v) is 6.73. The summed E-state index contributed by atoms with van der Waals surface area (Å²) in [5.41, 5.74) is 2.35. The maximum atomic E-state index is 4.37. The van der Waals surface area contributed by atoms with Crippen molar-refractivity contribution in [1.82, 2.24) is 15.1 Å². The van der Waals surface area contributed by atoms with Gasteiger partial charge >= 0.3 is 0 Å². The zero-order chi connectivity index (χ0) is 14.5. The largest absolute Gasteiger partial charge is 0.313 e. The van der Waals surface area contributed by atoms with E-state index >= 15 is 0 Å². The molecule has 0 aliphatic heterocycles. The van der Waals surface area contributed by atoms with Gasteiger partial charge in [0.15, 0.2) is 0 Å². The molecule has 20 heavy (non-hydrogen) atoms. The van der Waals surface area contributed by atoms with E-state index in [1.165, 1.54) is 10.5 Å². The summed E-state index contributed by atoms with van der Waals surface area (Å²) in [5, 5.41) is 8.95. The van der Waals surface area contributed by atoms with E-state index in [0.717, 1.165) is 34.7 Å². The van der Waals surface area contributed by atoms with Crippen molar-refractivity contribution in [3.05, 3.63) is 40.0 Å². The summed E-state index contributed by atoms with van der Waals surface area (Å²) < 4.78 is 3.08. The van der Waals surface area contributed by atoms with Crippen LogP contribution in [0, 0.1) is 6.92 Å². The minimum atomic E-state index is 0.907. The summed E-state index contributed by atoms with van der Waals surface area (Å²) in [6.45, 7) is 6.15. The van der Waals surface area contributed by atoms with Gasteiger partial charge in [0.05, 0.1) is 10.7 Å². The monoisotopic (exact) mass is 353 g/mol. The van der Waals surface area contributed by atoms with E-state index in [1.54, 1.807) is 11.8 Å². The average molecular weight is 354 g/mol. The molecule has 0 saturated heterocycles. The molecule has 0 saturated carbocycles. The highest BCUT2D eigenvalue weighted by molar-refractivity contribution is 9.10. The number of aryl methyl sites for hydroxylation is 2. The maximum Gasteiger partial charge on any atom is 0.0986 e. The van der Waals surface area contributed by atoms with Crippen LogP contribution in [0.2, 0.25) is 0 Å². The van der Waals surface area contributed by atoms with Gasteiger partial charge < -0.3 is 5.32 Å². The first-order valence-corrected chi connectivity index (χ1v) is 8.38. The molecule has 2 rings (SSSR count). The second kappa shape index (κ2) is 7.29. The van der Waals surface area contributed by atoms with Crippen LogP contribution in [0.3, 0.4) is 0 Å². The van der Waals surface area contributed by atoms with Crippen LogP contribution < -0.4 is 5.32 Å². The second-order valence-electron chi connectivity index (χ2n) is 4.78. The van der Waals surface area contributed by atoms with Crippen molar-refractivity contribution in [2.75, 3.05) is 6.54 Å². The summed E-state index contributed by atoms with van der Waals surface area (Å²) in [6, 6.07) is 8.63. The SMILES string of the molecule is CCCNCc1ccc(Sc2cc(C)nn2C)cc1Br. The van der Waals surface area contributed by atoms with E-state index in [1.807, 2.05) is 18.7 Å². The third-order valence-corrected chi connectivity index (χ3v) is 4.77. The minimum Gasteiger partial charge on any atom is -0.313 e. The highest BCUT2D eigenvalue weighted by atomic mass is 79.9. The molecule has 0 unspecified atom stereocenters. The van der Waals surface area contributed by atoms with Crippen molar-refractivity contribution in [3.63, 3.8) is 0 Å². The van der Waals surface area contributed by atoms with Gasteiger partial charge in [-0.2, -0.15) is 5.10 Å². The van der Waals surface area contributed by atoms with E-state index in [9.17, 15) is 0 Å². The third kappa shape index (κ3) is 4.11. The van der Waals surface area contributed by atoms with Gasteiger partial charge in [0.25, 0.3) is 0 Å². The van der Waals surface area contributed by atoms with Crippen molar-refractivity contribution in [2.24, 2.45) is 7.05 Å². The molecule has 5 heteroatoms. The fourth-order valence-electron chi connectivity index (χ4n) is 1.94. The van der Waals surface area contributed by atoms with Crippen molar-refractivity contribution in [2.45, 2.75) is 36.7 Å². The molecule has 0 radical (unpaired) electrons.